The van der Waals surface area contributed by atoms with Crippen molar-refractivity contribution >= 4 is 5.91 Å². The van der Waals surface area contributed by atoms with Crippen LogP contribution in [0.1, 0.15) is 200 Å². The number of aliphatic hydroxyl groups is 5. The molecule has 1 rings (SSSR count). The third-order valence-electron chi connectivity index (χ3n) is 11.1. The Balaban J connectivity index is 2.03. The molecule has 1 heterocycles. The van der Waals surface area contributed by atoms with E-state index in [4.69, 9.17) is 9.47 Å². The monoisotopic (exact) mass is 820 g/mol. The van der Waals surface area contributed by atoms with E-state index in [2.05, 4.69) is 55.6 Å². The van der Waals surface area contributed by atoms with Gasteiger partial charge in [-0.2, -0.15) is 0 Å². The van der Waals surface area contributed by atoms with Crippen molar-refractivity contribution in [3.8, 4) is 0 Å². The average molecular weight is 820 g/mol. The highest BCUT2D eigenvalue weighted by Gasteiger charge is 2.44. The number of rotatable bonds is 39. The summed E-state index contributed by atoms with van der Waals surface area (Å²) in [5.41, 5.74) is 0. The van der Waals surface area contributed by atoms with Gasteiger partial charge >= 0.3 is 0 Å². The summed E-state index contributed by atoms with van der Waals surface area (Å²) in [4.78, 5) is 12.8. The SMILES string of the molecule is CCCC/C=C/C(O)C(COC1OC(CO)C(O)C(O)C1O)NC(=O)CCCCCCCCCCCCCCCCCC/C=C\C/C=C\C/C=C\CCCCCCC. The van der Waals surface area contributed by atoms with Crippen molar-refractivity contribution in [2.24, 2.45) is 0 Å². The molecule has 58 heavy (non-hydrogen) atoms. The summed E-state index contributed by atoms with van der Waals surface area (Å²) in [6.45, 7) is 3.60. The van der Waals surface area contributed by atoms with E-state index < -0.39 is 49.5 Å². The Morgan fingerprint density at radius 1 is 0.586 bits per heavy atom. The molecular formula is C49H89NO8. The van der Waals surface area contributed by atoms with Crippen LogP contribution in [0.25, 0.3) is 0 Å². The molecule has 9 heteroatoms. The van der Waals surface area contributed by atoms with Crippen LogP contribution in [-0.4, -0.2) is 87.5 Å². The second-order valence-electron chi connectivity index (χ2n) is 16.5. The average Bonchev–Trinajstić information content (AvgIpc) is 3.22. The minimum Gasteiger partial charge on any atom is -0.394 e. The largest absolute Gasteiger partial charge is 0.394 e. The number of hydrogen-bond donors (Lipinski definition) is 6. The van der Waals surface area contributed by atoms with Crippen molar-refractivity contribution in [2.45, 2.75) is 243 Å². The van der Waals surface area contributed by atoms with Gasteiger partial charge in [0.25, 0.3) is 0 Å². The standard InChI is InChI=1S/C49H89NO8/c1-3-5-7-9-10-11-12-13-14-15-16-17-18-19-20-21-22-23-24-25-26-27-28-29-30-31-32-33-34-35-37-39-45(53)50-42(43(52)38-36-8-6-4-2)41-57-49-48(56)47(55)46(54)44(40-51)58-49/h12-13,15-16,18-19,36,38,42-44,46-49,51-52,54-56H,3-11,14,17,20-35,37,39-41H2,1-2H3,(H,50,53)/b13-12-,16-15-,19-18-,38-36+. The molecule has 0 aromatic carbocycles. The Kier molecular flexibility index (Phi) is 36.7. The lowest BCUT2D eigenvalue weighted by Crippen LogP contribution is -2.60. The van der Waals surface area contributed by atoms with Crippen molar-refractivity contribution in [3.05, 3.63) is 48.6 Å². The van der Waals surface area contributed by atoms with Gasteiger partial charge in [-0.1, -0.05) is 191 Å². The molecule has 1 aliphatic heterocycles. The van der Waals surface area contributed by atoms with Crippen LogP contribution in [0.2, 0.25) is 0 Å². The minimum absolute atomic E-state index is 0.187. The van der Waals surface area contributed by atoms with Crippen LogP contribution in [-0.2, 0) is 14.3 Å². The number of carbonyl (C=O) groups is 1. The molecule has 1 amide bonds. The van der Waals surface area contributed by atoms with E-state index in [0.717, 1.165) is 51.4 Å². The van der Waals surface area contributed by atoms with E-state index in [-0.39, 0.29) is 12.5 Å². The first-order chi connectivity index (χ1) is 28.3. The van der Waals surface area contributed by atoms with Crippen molar-refractivity contribution in [1.82, 2.24) is 5.32 Å². The summed E-state index contributed by atoms with van der Waals surface area (Å²) in [6, 6.07) is -0.800. The number of ether oxygens (including phenoxy) is 2. The van der Waals surface area contributed by atoms with Gasteiger partial charge < -0.3 is 40.3 Å². The molecule has 338 valence electrons. The maximum absolute atomic E-state index is 12.8. The molecule has 0 aromatic heterocycles. The molecule has 6 N–H and O–H groups in total. The molecular weight excluding hydrogens is 731 g/mol. The van der Waals surface area contributed by atoms with Crippen molar-refractivity contribution in [3.63, 3.8) is 0 Å². The summed E-state index contributed by atoms with van der Waals surface area (Å²) in [6.07, 6.45) is 43.9. The van der Waals surface area contributed by atoms with E-state index >= 15 is 0 Å². The molecule has 9 nitrogen and oxygen atoms in total. The Bertz CT molecular complexity index is 1050. The van der Waals surface area contributed by atoms with E-state index in [1.165, 1.54) is 128 Å². The molecule has 0 spiro atoms. The smallest absolute Gasteiger partial charge is 0.220 e. The van der Waals surface area contributed by atoms with E-state index in [1.54, 1.807) is 6.08 Å². The fourth-order valence-electron chi connectivity index (χ4n) is 7.27. The van der Waals surface area contributed by atoms with Gasteiger partial charge in [-0.15, -0.1) is 0 Å². The first-order valence-electron chi connectivity index (χ1n) is 23.9. The van der Waals surface area contributed by atoms with E-state index in [9.17, 15) is 30.3 Å². The second-order valence-corrected chi connectivity index (χ2v) is 16.5. The molecule has 0 saturated carbocycles. The fourth-order valence-corrected chi connectivity index (χ4v) is 7.27. The number of carbonyl (C=O) groups excluding carboxylic acids is 1. The number of nitrogens with one attached hydrogen (secondary N) is 1. The second kappa shape index (κ2) is 39.3. The molecule has 0 aromatic rings. The normalized spacial score (nSPS) is 21.3. The third kappa shape index (κ3) is 29.4. The van der Waals surface area contributed by atoms with Gasteiger partial charge in [-0.3, -0.25) is 4.79 Å². The maximum Gasteiger partial charge on any atom is 0.220 e. The summed E-state index contributed by atoms with van der Waals surface area (Å²) in [7, 11) is 0. The molecule has 0 radical (unpaired) electrons. The lowest BCUT2D eigenvalue weighted by Gasteiger charge is -2.40. The van der Waals surface area contributed by atoms with Gasteiger partial charge in [0, 0.05) is 6.42 Å². The van der Waals surface area contributed by atoms with Gasteiger partial charge in [0.1, 0.15) is 24.4 Å². The predicted molar refractivity (Wildman–Crippen MR) is 239 cm³/mol. The van der Waals surface area contributed by atoms with Gasteiger partial charge in [-0.05, 0) is 51.4 Å². The first kappa shape index (κ1) is 54.2. The van der Waals surface area contributed by atoms with Crippen molar-refractivity contribution < 1.29 is 39.8 Å². The van der Waals surface area contributed by atoms with Crippen molar-refractivity contribution in [2.75, 3.05) is 13.2 Å². The molecule has 7 unspecified atom stereocenters. The zero-order chi connectivity index (χ0) is 42.3. The van der Waals surface area contributed by atoms with Gasteiger partial charge in [-0.25, -0.2) is 0 Å². The summed E-state index contributed by atoms with van der Waals surface area (Å²) in [5.74, 6) is -0.187. The highest BCUT2D eigenvalue weighted by Crippen LogP contribution is 2.22. The Morgan fingerprint density at radius 3 is 1.53 bits per heavy atom. The molecule has 1 saturated heterocycles. The number of aliphatic hydroxyl groups excluding tert-OH is 5. The maximum atomic E-state index is 12.8. The highest BCUT2D eigenvalue weighted by atomic mass is 16.7. The van der Waals surface area contributed by atoms with Crippen LogP contribution < -0.4 is 5.32 Å². The summed E-state index contributed by atoms with van der Waals surface area (Å²) in [5, 5.41) is 53.6. The zero-order valence-electron chi connectivity index (χ0n) is 37.0. The Hall–Kier alpha value is -1.85. The van der Waals surface area contributed by atoms with Crippen LogP contribution >= 0.6 is 0 Å². The highest BCUT2D eigenvalue weighted by molar-refractivity contribution is 5.76. The summed E-state index contributed by atoms with van der Waals surface area (Å²) >= 11 is 0. The molecule has 7 atom stereocenters. The minimum atomic E-state index is -1.56. The Labute approximate surface area is 354 Å². The number of unbranched alkanes of at least 4 members (excludes halogenated alkanes) is 23. The zero-order valence-corrected chi connectivity index (χ0v) is 37.0. The lowest BCUT2D eigenvalue weighted by molar-refractivity contribution is -0.302. The van der Waals surface area contributed by atoms with Crippen LogP contribution in [0, 0.1) is 0 Å². The molecule has 0 bridgehead atoms. The number of hydrogen-bond acceptors (Lipinski definition) is 8. The van der Waals surface area contributed by atoms with Crippen LogP contribution in [0.15, 0.2) is 48.6 Å². The quantitative estimate of drug-likeness (QED) is 0.0265. The van der Waals surface area contributed by atoms with Crippen LogP contribution in [0.3, 0.4) is 0 Å². The van der Waals surface area contributed by atoms with Gasteiger partial charge in [0.05, 0.1) is 25.4 Å². The van der Waals surface area contributed by atoms with E-state index in [0.29, 0.717) is 6.42 Å². The molecule has 1 aliphatic rings. The number of amides is 1. The van der Waals surface area contributed by atoms with E-state index in [1.807, 2.05) is 6.08 Å². The number of allylic oxidation sites excluding steroid dienone is 7. The summed E-state index contributed by atoms with van der Waals surface area (Å²) < 4.78 is 11.1. The van der Waals surface area contributed by atoms with Gasteiger partial charge in [0.15, 0.2) is 6.29 Å². The molecule has 1 fully saturated rings. The molecule has 0 aliphatic carbocycles. The predicted octanol–water partition coefficient (Wildman–Crippen LogP) is 10.2. The van der Waals surface area contributed by atoms with Crippen molar-refractivity contribution in [1.29, 1.82) is 0 Å². The first-order valence-corrected chi connectivity index (χ1v) is 23.9. The fraction of sp³-hybridized carbons (Fsp3) is 0.816. The third-order valence-corrected chi connectivity index (χ3v) is 11.1. The lowest BCUT2D eigenvalue weighted by atomic mass is 9.99. The Morgan fingerprint density at radius 2 is 1.03 bits per heavy atom. The topological polar surface area (TPSA) is 149 Å². The van der Waals surface area contributed by atoms with Crippen LogP contribution in [0.5, 0.6) is 0 Å². The van der Waals surface area contributed by atoms with Crippen LogP contribution in [0.4, 0.5) is 0 Å². The van der Waals surface area contributed by atoms with Gasteiger partial charge in [0.2, 0.25) is 5.91 Å².